The SMILES string of the molecule is Nc1nc2c(c(N3CC[C@H]3c3nn4ccc(Cl)c4c(=O)n3-c3ccccc3)n1)C(=O)C=N2.S. The van der Waals surface area contributed by atoms with Crippen LogP contribution in [0, 0.1) is 0 Å². The number of nitrogen functional groups attached to an aromatic ring is 1. The van der Waals surface area contributed by atoms with Gasteiger partial charge in [0, 0.05) is 12.7 Å². The first-order valence-electron chi connectivity index (χ1n) is 9.90. The van der Waals surface area contributed by atoms with Crippen LogP contribution < -0.4 is 16.2 Å². The van der Waals surface area contributed by atoms with Gasteiger partial charge in [0.05, 0.1) is 23.0 Å². The topological polar surface area (TPSA) is 124 Å². The van der Waals surface area contributed by atoms with Gasteiger partial charge in [-0.15, -0.1) is 0 Å². The van der Waals surface area contributed by atoms with E-state index in [1.165, 1.54) is 10.7 Å². The standard InChI is InChI=1S/C21H15ClN8O2.H2S/c22-12-6-9-29-16(12)20(32)30(11-4-2-1-3-5-11)18(27-29)13-7-8-28(13)19-15-14(31)10-24-17(15)25-21(23)26-19;/h1-6,9-10,13H,7-8H2,(H2,23,25,26);1H2/t13-;/m0./s1. The fourth-order valence-electron chi connectivity index (χ4n) is 4.16. The van der Waals surface area contributed by atoms with Crippen LogP contribution in [-0.2, 0) is 0 Å². The Morgan fingerprint density at radius 1 is 1.09 bits per heavy atom. The lowest BCUT2D eigenvalue weighted by molar-refractivity contribution is 0.107. The molecule has 1 atom stereocenters. The van der Waals surface area contributed by atoms with Gasteiger partial charge in [-0.25, -0.2) is 9.51 Å². The molecular formula is C21H17ClN8O2S. The number of nitrogens with zero attached hydrogens (tertiary/aromatic N) is 7. The Hall–Kier alpha value is -3.70. The lowest BCUT2D eigenvalue weighted by Crippen LogP contribution is -2.46. The third-order valence-electron chi connectivity index (χ3n) is 5.71. The summed E-state index contributed by atoms with van der Waals surface area (Å²) >= 11 is 6.27. The van der Waals surface area contributed by atoms with Crippen molar-refractivity contribution >= 4 is 60.2 Å². The fourth-order valence-corrected chi connectivity index (χ4v) is 4.38. The van der Waals surface area contributed by atoms with Gasteiger partial charge < -0.3 is 10.6 Å². The van der Waals surface area contributed by atoms with E-state index in [9.17, 15) is 9.59 Å². The smallest absolute Gasteiger partial charge is 0.284 e. The molecule has 0 saturated carbocycles. The Kier molecular flexibility index (Phi) is 4.94. The Labute approximate surface area is 198 Å². The average molecular weight is 481 g/mol. The first kappa shape index (κ1) is 21.2. The van der Waals surface area contributed by atoms with Crippen molar-refractivity contribution in [2.24, 2.45) is 4.99 Å². The molecule has 166 valence electrons. The summed E-state index contributed by atoms with van der Waals surface area (Å²) in [5, 5.41) is 5.06. The Morgan fingerprint density at radius 2 is 1.88 bits per heavy atom. The first-order valence-corrected chi connectivity index (χ1v) is 10.3. The number of aliphatic imine (C=N–C) groups is 1. The van der Waals surface area contributed by atoms with E-state index in [2.05, 4.69) is 15.0 Å². The second-order valence-corrected chi connectivity index (χ2v) is 7.92. The normalized spacial score (nSPS) is 16.6. The molecule has 0 unspecified atom stereocenters. The second kappa shape index (κ2) is 7.71. The summed E-state index contributed by atoms with van der Waals surface area (Å²) < 4.78 is 3.05. The molecule has 0 spiro atoms. The molecule has 2 aliphatic heterocycles. The number of para-hydroxylation sites is 1. The molecule has 1 saturated heterocycles. The van der Waals surface area contributed by atoms with E-state index < -0.39 is 0 Å². The summed E-state index contributed by atoms with van der Waals surface area (Å²) in [4.78, 5) is 40.2. The number of hydrogen-bond donors (Lipinski definition) is 1. The maximum Gasteiger partial charge on any atom is 0.284 e. The van der Waals surface area contributed by atoms with Crippen molar-refractivity contribution in [2.75, 3.05) is 17.2 Å². The van der Waals surface area contributed by atoms with E-state index in [1.807, 2.05) is 35.2 Å². The van der Waals surface area contributed by atoms with Gasteiger partial charge in [-0.2, -0.15) is 28.6 Å². The Bertz CT molecular complexity index is 1510. The van der Waals surface area contributed by atoms with Crippen molar-refractivity contribution in [1.82, 2.24) is 24.1 Å². The predicted molar refractivity (Wildman–Crippen MR) is 130 cm³/mol. The largest absolute Gasteiger partial charge is 0.368 e. The molecule has 1 aromatic carbocycles. The molecule has 0 aliphatic carbocycles. The summed E-state index contributed by atoms with van der Waals surface area (Å²) in [6, 6.07) is 10.6. The molecule has 2 aliphatic rings. The van der Waals surface area contributed by atoms with Crippen LogP contribution >= 0.6 is 25.1 Å². The zero-order valence-corrected chi connectivity index (χ0v) is 18.8. The van der Waals surface area contributed by atoms with Crippen LogP contribution in [0.15, 0.2) is 52.4 Å². The second-order valence-electron chi connectivity index (χ2n) is 7.52. The number of Topliss-reactive ketones (excluding diaryl/α,β-unsaturated/α-hetero) is 1. The number of rotatable bonds is 3. The van der Waals surface area contributed by atoms with Crippen LogP contribution in [0.25, 0.3) is 11.2 Å². The number of hydrogen-bond acceptors (Lipinski definition) is 8. The average Bonchev–Trinajstić information content (AvgIpc) is 3.30. The monoisotopic (exact) mass is 480 g/mol. The van der Waals surface area contributed by atoms with Crippen molar-refractivity contribution in [3.8, 4) is 5.69 Å². The number of benzene rings is 1. The van der Waals surface area contributed by atoms with Gasteiger partial charge in [-0.05, 0) is 24.6 Å². The number of fused-ring (bicyclic) bond motifs is 2. The van der Waals surface area contributed by atoms with Crippen LogP contribution in [0.3, 0.4) is 0 Å². The van der Waals surface area contributed by atoms with E-state index in [1.54, 1.807) is 16.8 Å². The molecule has 12 heteroatoms. The highest BCUT2D eigenvalue weighted by Gasteiger charge is 2.39. The molecule has 4 aromatic rings. The van der Waals surface area contributed by atoms with Crippen molar-refractivity contribution in [3.05, 3.63) is 69.4 Å². The molecule has 0 bridgehead atoms. The highest BCUT2D eigenvalue weighted by atomic mass is 35.5. The van der Waals surface area contributed by atoms with Gasteiger partial charge in [0.25, 0.3) is 5.56 Å². The molecule has 0 amide bonds. The van der Waals surface area contributed by atoms with Crippen molar-refractivity contribution in [2.45, 2.75) is 12.5 Å². The maximum absolute atomic E-state index is 13.5. The van der Waals surface area contributed by atoms with Crippen LogP contribution in [-0.4, -0.2) is 42.7 Å². The number of carbonyl (C=O) groups is 1. The van der Waals surface area contributed by atoms with Gasteiger partial charge in [0.1, 0.15) is 16.9 Å². The highest BCUT2D eigenvalue weighted by molar-refractivity contribution is 7.59. The molecule has 10 nitrogen and oxygen atoms in total. The van der Waals surface area contributed by atoms with Gasteiger partial charge >= 0.3 is 0 Å². The lowest BCUT2D eigenvalue weighted by atomic mass is 10.00. The van der Waals surface area contributed by atoms with Gasteiger partial charge in [0.15, 0.2) is 11.6 Å². The third kappa shape index (κ3) is 3.11. The summed E-state index contributed by atoms with van der Waals surface area (Å²) in [5.41, 5.74) is 6.86. The zero-order valence-electron chi connectivity index (χ0n) is 17.0. The highest BCUT2D eigenvalue weighted by Crippen LogP contribution is 2.41. The molecule has 6 rings (SSSR count). The molecular weight excluding hydrogens is 464 g/mol. The van der Waals surface area contributed by atoms with Crippen molar-refractivity contribution in [1.29, 1.82) is 0 Å². The zero-order chi connectivity index (χ0) is 22.0. The summed E-state index contributed by atoms with van der Waals surface area (Å²) in [7, 11) is 0. The van der Waals surface area contributed by atoms with Gasteiger partial charge in [-0.1, -0.05) is 29.8 Å². The van der Waals surface area contributed by atoms with Crippen molar-refractivity contribution < 1.29 is 4.79 Å². The maximum atomic E-state index is 13.5. The molecule has 1 fully saturated rings. The van der Waals surface area contributed by atoms with E-state index >= 15 is 0 Å². The van der Waals surface area contributed by atoms with Crippen LogP contribution in [0.1, 0.15) is 28.6 Å². The minimum atomic E-state index is -0.319. The Morgan fingerprint density at radius 3 is 2.61 bits per heavy atom. The summed E-state index contributed by atoms with van der Waals surface area (Å²) in [6.07, 6.45) is 3.56. The minimum absolute atomic E-state index is 0. The number of aromatic nitrogens is 5. The van der Waals surface area contributed by atoms with Crippen molar-refractivity contribution in [3.63, 3.8) is 0 Å². The van der Waals surface area contributed by atoms with Crippen LogP contribution in [0.4, 0.5) is 17.6 Å². The summed E-state index contributed by atoms with van der Waals surface area (Å²) in [6.45, 7) is 0.607. The fraction of sp³-hybridized carbons (Fsp3) is 0.143. The number of ketones is 1. The number of carbonyl (C=O) groups excluding carboxylic acids is 1. The molecule has 2 N–H and O–H groups in total. The van der Waals surface area contributed by atoms with Gasteiger partial charge in [-0.3, -0.25) is 14.2 Å². The van der Waals surface area contributed by atoms with E-state index in [-0.39, 0.29) is 42.6 Å². The first-order chi connectivity index (χ1) is 15.5. The lowest BCUT2D eigenvalue weighted by Gasteiger charge is -2.42. The van der Waals surface area contributed by atoms with Crippen LogP contribution in [0.5, 0.6) is 0 Å². The molecule has 33 heavy (non-hydrogen) atoms. The van der Waals surface area contributed by atoms with Gasteiger partial charge in [0.2, 0.25) is 11.7 Å². The van der Waals surface area contributed by atoms with E-state index in [0.717, 1.165) is 0 Å². The minimum Gasteiger partial charge on any atom is -0.368 e. The molecule has 5 heterocycles. The number of anilines is 2. The van der Waals surface area contributed by atoms with E-state index in [4.69, 9.17) is 22.4 Å². The molecule has 0 radical (unpaired) electrons. The third-order valence-corrected chi connectivity index (χ3v) is 6.01. The van der Waals surface area contributed by atoms with Crippen LogP contribution in [0.2, 0.25) is 5.02 Å². The number of halogens is 1. The Balaban J connectivity index is 0.00000228. The number of nitrogens with two attached hydrogens (primary N) is 1. The molecule has 3 aromatic heterocycles. The summed E-state index contributed by atoms with van der Waals surface area (Å²) in [5.74, 6) is 0.901. The van der Waals surface area contributed by atoms with E-state index in [0.29, 0.717) is 46.4 Å². The quantitative estimate of drug-likeness (QED) is 0.477. The predicted octanol–water partition coefficient (Wildman–Crippen LogP) is 2.47.